The van der Waals surface area contributed by atoms with Crippen molar-refractivity contribution in [3.63, 3.8) is 0 Å². The average molecular weight is 423 g/mol. The van der Waals surface area contributed by atoms with Crippen LogP contribution in [0.25, 0.3) is 0 Å². The number of carbonyl (C=O) groups excluding carboxylic acids is 2. The Morgan fingerprint density at radius 2 is 1.72 bits per heavy atom. The van der Waals surface area contributed by atoms with E-state index in [1.807, 2.05) is 4.90 Å². The Bertz CT molecular complexity index is 829. The molecule has 29 heavy (non-hydrogen) atoms. The van der Waals surface area contributed by atoms with Crippen molar-refractivity contribution in [3.8, 4) is 0 Å². The zero-order valence-corrected chi connectivity index (χ0v) is 17.7. The smallest absolute Gasteiger partial charge is 0.253 e. The van der Waals surface area contributed by atoms with Crippen molar-refractivity contribution >= 4 is 27.5 Å². The quantitative estimate of drug-likeness (QED) is 0.689. The number of amides is 2. The van der Waals surface area contributed by atoms with Gasteiger partial charge in [-0.15, -0.1) is 0 Å². The molecule has 0 bridgehead atoms. The summed E-state index contributed by atoms with van der Waals surface area (Å²) in [6.07, 6.45) is 4.27. The molecule has 1 aromatic rings. The molecule has 160 valence electrons. The number of hydrogen-bond acceptors (Lipinski definition) is 5. The highest BCUT2D eigenvalue weighted by Gasteiger charge is 2.26. The summed E-state index contributed by atoms with van der Waals surface area (Å²) < 4.78 is 25.4. The Labute approximate surface area is 172 Å². The van der Waals surface area contributed by atoms with Crippen LogP contribution in [0.2, 0.25) is 0 Å². The number of hydrogen-bond donors (Lipinski definition) is 2. The van der Waals surface area contributed by atoms with Crippen LogP contribution in [0.15, 0.2) is 24.3 Å². The highest BCUT2D eigenvalue weighted by atomic mass is 32.2. The van der Waals surface area contributed by atoms with E-state index in [-0.39, 0.29) is 30.2 Å². The lowest BCUT2D eigenvalue weighted by molar-refractivity contribution is -0.117. The molecule has 0 unspecified atom stereocenters. The second kappa shape index (κ2) is 9.69. The molecule has 0 atom stereocenters. The van der Waals surface area contributed by atoms with Gasteiger partial charge in [0.15, 0.2) is 0 Å². The normalized spacial score (nSPS) is 19.2. The van der Waals surface area contributed by atoms with Gasteiger partial charge in [0.05, 0.1) is 23.5 Å². The fourth-order valence-electron chi connectivity index (χ4n) is 3.86. The number of nitrogens with zero attached hydrogens (tertiary/aromatic N) is 2. The Morgan fingerprint density at radius 3 is 2.38 bits per heavy atom. The number of piperazine rings is 1. The molecular formula is C20H30N4O4S. The van der Waals surface area contributed by atoms with Crippen molar-refractivity contribution < 1.29 is 18.0 Å². The van der Waals surface area contributed by atoms with Crippen molar-refractivity contribution in [1.29, 1.82) is 0 Å². The highest BCUT2D eigenvalue weighted by Crippen LogP contribution is 2.20. The summed E-state index contributed by atoms with van der Waals surface area (Å²) in [6, 6.07) is 7.23. The first-order valence-electron chi connectivity index (χ1n) is 10.3. The van der Waals surface area contributed by atoms with Gasteiger partial charge in [-0.2, -0.15) is 4.31 Å². The van der Waals surface area contributed by atoms with Gasteiger partial charge < -0.3 is 10.6 Å². The first kappa shape index (κ1) is 21.7. The minimum atomic E-state index is -3.19. The molecule has 0 aromatic heterocycles. The fourth-order valence-corrected chi connectivity index (χ4v) is 4.95. The predicted octanol–water partition coefficient (Wildman–Crippen LogP) is 1.26. The van der Waals surface area contributed by atoms with Crippen LogP contribution in [0.5, 0.6) is 0 Å². The maximum Gasteiger partial charge on any atom is 0.253 e. The molecule has 1 aliphatic heterocycles. The van der Waals surface area contributed by atoms with Crippen molar-refractivity contribution in [2.45, 2.75) is 38.6 Å². The molecular weight excluding hydrogens is 392 g/mol. The molecule has 2 fully saturated rings. The van der Waals surface area contributed by atoms with Crippen LogP contribution in [0, 0.1) is 0 Å². The molecule has 1 heterocycles. The van der Waals surface area contributed by atoms with Crippen LogP contribution in [0.3, 0.4) is 0 Å². The molecule has 2 aliphatic rings. The number of benzene rings is 1. The van der Waals surface area contributed by atoms with Crippen molar-refractivity contribution in [2.75, 3.05) is 43.8 Å². The van der Waals surface area contributed by atoms with Crippen LogP contribution in [0.4, 0.5) is 5.69 Å². The first-order chi connectivity index (χ1) is 13.9. The summed E-state index contributed by atoms with van der Waals surface area (Å²) in [5.41, 5.74) is 0.965. The molecule has 1 saturated carbocycles. The average Bonchev–Trinajstić information content (AvgIpc) is 3.21. The van der Waals surface area contributed by atoms with E-state index < -0.39 is 10.0 Å². The highest BCUT2D eigenvalue weighted by molar-refractivity contribution is 7.89. The topological polar surface area (TPSA) is 98.8 Å². The van der Waals surface area contributed by atoms with Gasteiger partial charge in [0.2, 0.25) is 15.9 Å². The molecule has 0 radical (unpaired) electrons. The molecule has 1 aliphatic carbocycles. The van der Waals surface area contributed by atoms with E-state index in [9.17, 15) is 18.0 Å². The molecule has 0 spiro atoms. The van der Waals surface area contributed by atoms with Crippen LogP contribution >= 0.6 is 0 Å². The molecule has 8 nitrogen and oxygen atoms in total. The van der Waals surface area contributed by atoms with E-state index in [1.165, 1.54) is 4.31 Å². The number of carbonyl (C=O) groups is 2. The van der Waals surface area contributed by atoms with Crippen molar-refractivity contribution in [2.24, 2.45) is 0 Å². The number of para-hydroxylation sites is 1. The zero-order chi connectivity index (χ0) is 20.9. The lowest BCUT2D eigenvalue weighted by Gasteiger charge is -2.33. The maximum atomic E-state index is 12.6. The zero-order valence-electron chi connectivity index (χ0n) is 16.9. The third kappa shape index (κ3) is 5.77. The van der Waals surface area contributed by atoms with Gasteiger partial charge >= 0.3 is 0 Å². The van der Waals surface area contributed by atoms with E-state index in [4.69, 9.17) is 0 Å². The van der Waals surface area contributed by atoms with Gasteiger partial charge in [-0.3, -0.25) is 14.5 Å². The summed E-state index contributed by atoms with van der Waals surface area (Å²) >= 11 is 0. The van der Waals surface area contributed by atoms with E-state index in [0.717, 1.165) is 25.7 Å². The molecule has 2 amide bonds. The summed E-state index contributed by atoms with van der Waals surface area (Å²) in [4.78, 5) is 27.1. The lowest BCUT2D eigenvalue weighted by atomic mass is 10.1. The molecule has 3 rings (SSSR count). The standard InChI is InChI=1S/C20H30N4O4S/c1-2-29(27,28)24-13-11-23(12-14-24)15-19(25)22-18-10-6-5-9-17(18)20(26)21-16-7-3-4-8-16/h5-6,9-10,16H,2-4,7-8,11-15H2,1H3,(H,21,26)(H,22,25). The number of nitrogens with one attached hydrogen (secondary N) is 2. The van der Waals surface area contributed by atoms with Gasteiger partial charge in [-0.05, 0) is 31.9 Å². The van der Waals surface area contributed by atoms with Crippen LogP contribution in [-0.4, -0.2) is 74.0 Å². The SMILES string of the molecule is CCS(=O)(=O)N1CCN(CC(=O)Nc2ccccc2C(=O)NC2CCCC2)CC1. The van der Waals surface area contributed by atoms with Gasteiger partial charge in [0.1, 0.15) is 0 Å². The summed E-state index contributed by atoms with van der Waals surface area (Å²) in [6.45, 7) is 3.61. The van der Waals surface area contributed by atoms with Gasteiger partial charge in [0.25, 0.3) is 5.91 Å². The molecule has 9 heteroatoms. The third-order valence-corrected chi connectivity index (χ3v) is 7.47. The van der Waals surface area contributed by atoms with E-state index in [1.54, 1.807) is 31.2 Å². The predicted molar refractivity (Wildman–Crippen MR) is 112 cm³/mol. The Balaban J connectivity index is 1.54. The molecule has 1 aromatic carbocycles. The minimum absolute atomic E-state index is 0.0905. The van der Waals surface area contributed by atoms with Gasteiger partial charge in [-0.1, -0.05) is 25.0 Å². The minimum Gasteiger partial charge on any atom is -0.349 e. The van der Waals surface area contributed by atoms with E-state index in [2.05, 4.69) is 10.6 Å². The fraction of sp³-hybridized carbons (Fsp3) is 0.600. The van der Waals surface area contributed by atoms with Crippen molar-refractivity contribution in [1.82, 2.24) is 14.5 Å². The summed E-state index contributed by atoms with van der Waals surface area (Å²) in [5.74, 6) is -0.281. The third-order valence-electron chi connectivity index (χ3n) is 5.59. The molecule has 1 saturated heterocycles. The van der Waals surface area contributed by atoms with E-state index >= 15 is 0 Å². The van der Waals surface area contributed by atoms with Crippen LogP contribution < -0.4 is 10.6 Å². The largest absolute Gasteiger partial charge is 0.349 e. The summed E-state index contributed by atoms with van der Waals surface area (Å²) in [5, 5.41) is 5.89. The number of sulfonamides is 1. The Kier molecular flexibility index (Phi) is 7.26. The van der Waals surface area contributed by atoms with Gasteiger partial charge in [0, 0.05) is 32.2 Å². The second-order valence-electron chi connectivity index (χ2n) is 7.62. The van der Waals surface area contributed by atoms with Crippen molar-refractivity contribution in [3.05, 3.63) is 29.8 Å². The van der Waals surface area contributed by atoms with Crippen LogP contribution in [-0.2, 0) is 14.8 Å². The Morgan fingerprint density at radius 1 is 1.07 bits per heavy atom. The number of anilines is 1. The van der Waals surface area contributed by atoms with Crippen LogP contribution in [0.1, 0.15) is 43.0 Å². The lowest BCUT2D eigenvalue weighted by Crippen LogP contribution is -2.50. The monoisotopic (exact) mass is 422 g/mol. The summed E-state index contributed by atoms with van der Waals surface area (Å²) in [7, 11) is -3.19. The first-order valence-corrected chi connectivity index (χ1v) is 11.9. The second-order valence-corrected chi connectivity index (χ2v) is 9.88. The molecule has 2 N–H and O–H groups in total. The number of rotatable bonds is 7. The van der Waals surface area contributed by atoms with Gasteiger partial charge in [-0.25, -0.2) is 8.42 Å². The maximum absolute atomic E-state index is 12.6. The van der Waals surface area contributed by atoms with E-state index in [0.29, 0.717) is 37.4 Å². The Hall–Kier alpha value is -1.97.